The molecule has 6 rings (SSSR count). The molecule has 0 saturated carbocycles. The predicted octanol–water partition coefficient (Wildman–Crippen LogP) is 5.62. The van der Waals surface area contributed by atoms with Gasteiger partial charge in [-0.05, 0) is 42.3 Å². The number of fused-ring (bicyclic) bond motifs is 5. The molecule has 11 heteroatoms. The van der Waals surface area contributed by atoms with Crippen LogP contribution in [0.25, 0.3) is 33.1 Å². The Kier molecular flexibility index (Phi) is 6.17. The van der Waals surface area contributed by atoms with Crippen LogP contribution in [0.2, 0.25) is 0 Å². The molecule has 36 heavy (non-hydrogen) atoms. The van der Waals surface area contributed by atoms with Gasteiger partial charge < -0.3 is 20.1 Å². The van der Waals surface area contributed by atoms with Crippen LogP contribution in [0.5, 0.6) is 11.5 Å². The molecule has 2 N–H and O–H groups in total. The lowest BCUT2D eigenvalue weighted by molar-refractivity contribution is 0.215. The minimum atomic E-state index is 0.401. The number of benzene rings is 1. The first-order valence-corrected chi connectivity index (χ1v) is 14.7. The SMILES string of the molecule is CNc1nc2c3c(cn(SI)c3n1)-c1ccc3nc(C)c(cc3c1)OCCOc1cncc(c1)CN2. The average molecular weight is 611 g/mol. The Morgan fingerprint density at radius 3 is 2.83 bits per heavy atom. The second-order valence-electron chi connectivity index (χ2n) is 8.34. The number of rotatable bonds is 2. The highest BCUT2D eigenvalue weighted by Gasteiger charge is 2.19. The van der Waals surface area contributed by atoms with Gasteiger partial charge in [0, 0.05) is 67.3 Å². The number of halogens is 1. The van der Waals surface area contributed by atoms with Crippen LogP contribution in [-0.4, -0.2) is 44.2 Å². The molecule has 0 fully saturated rings. The molecule has 5 bridgehead atoms. The van der Waals surface area contributed by atoms with Crippen LogP contribution in [0, 0.1) is 6.92 Å². The Bertz CT molecular complexity index is 1610. The monoisotopic (exact) mass is 611 g/mol. The summed E-state index contributed by atoms with van der Waals surface area (Å²) in [5, 5.41) is 8.54. The fourth-order valence-corrected chi connectivity index (χ4v) is 5.56. The first-order valence-electron chi connectivity index (χ1n) is 11.4. The molecular weight excluding hydrogens is 589 g/mol. The molecule has 0 atom stereocenters. The van der Waals surface area contributed by atoms with E-state index in [0.717, 1.165) is 55.9 Å². The smallest absolute Gasteiger partial charge is 0.226 e. The first-order chi connectivity index (χ1) is 17.6. The van der Waals surface area contributed by atoms with Gasteiger partial charge in [0.2, 0.25) is 5.95 Å². The van der Waals surface area contributed by atoms with E-state index in [0.29, 0.717) is 31.5 Å². The maximum absolute atomic E-state index is 6.04. The van der Waals surface area contributed by atoms with Crippen molar-refractivity contribution in [2.24, 2.45) is 0 Å². The zero-order valence-electron chi connectivity index (χ0n) is 19.6. The standard InChI is InChI=1S/C25H22IN7O2S/c1-14-21-9-17-8-16(3-4-20(17)30-14)19-13-33(36-26)24-22(19)23(31-25(27-2)32-24)29-11-15-7-18(12-28-10-15)34-5-6-35-21/h3-4,7-10,12-13H,5-6,11H2,1-2H3,(H2,27,29,31,32). The summed E-state index contributed by atoms with van der Waals surface area (Å²) in [4.78, 5) is 18.7. The quantitative estimate of drug-likeness (QED) is 0.247. The predicted molar refractivity (Wildman–Crippen MR) is 152 cm³/mol. The van der Waals surface area contributed by atoms with E-state index in [2.05, 4.69) is 59.1 Å². The zero-order chi connectivity index (χ0) is 24.6. The van der Waals surface area contributed by atoms with E-state index in [1.165, 1.54) is 0 Å². The van der Waals surface area contributed by atoms with Gasteiger partial charge in [0.15, 0.2) is 5.65 Å². The maximum Gasteiger partial charge on any atom is 0.226 e. The Morgan fingerprint density at radius 1 is 1.08 bits per heavy atom. The highest BCUT2D eigenvalue weighted by Crippen LogP contribution is 2.39. The van der Waals surface area contributed by atoms with Gasteiger partial charge in [-0.1, -0.05) is 6.07 Å². The summed E-state index contributed by atoms with van der Waals surface area (Å²) in [5.74, 6) is 2.72. The largest absolute Gasteiger partial charge is 0.488 e. The van der Waals surface area contributed by atoms with Gasteiger partial charge >= 0.3 is 0 Å². The van der Waals surface area contributed by atoms with Crippen LogP contribution >= 0.6 is 30.3 Å². The summed E-state index contributed by atoms with van der Waals surface area (Å²) < 4.78 is 14.0. The lowest BCUT2D eigenvalue weighted by Crippen LogP contribution is -2.10. The summed E-state index contributed by atoms with van der Waals surface area (Å²) >= 11 is 2.27. The summed E-state index contributed by atoms with van der Waals surface area (Å²) in [6.45, 7) is 3.29. The van der Waals surface area contributed by atoms with Crippen molar-refractivity contribution in [3.05, 3.63) is 60.2 Å². The molecule has 0 unspecified atom stereocenters. The maximum atomic E-state index is 6.04. The van der Waals surface area contributed by atoms with E-state index in [4.69, 9.17) is 24.4 Å². The zero-order valence-corrected chi connectivity index (χ0v) is 22.6. The number of aromatic nitrogens is 5. The van der Waals surface area contributed by atoms with Crippen LogP contribution in [0.15, 0.2) is 48.9 Å². The van der Waals surface area contributed by atoms with Crippen molar-refractivity contribution in [3.63, 3.8) is 0 Å². The molecule has 1 aliphatic rings. The third kappa shape index (κ3) is 4.26. The van der Waals surface area contributed by atoms with Crippen molar-refractivity contribution in [1.82, 2.24) is 23.9 Å². The van der Waals surface area contributed by atoms with E-state index in [1.54, 1.807) is 15.3 Å². The summed E-state index contributed by atoms with van der Waals surface area (Å²) in [6.07, 6.45) is 5.63. The number of nitrogens with zero attached hydrogens (tertiary/aromatic N) is 5. The Balaban J connectivity index is 1.59. The van der Waals surface area contributed by atoms with E-state index < -0.39 is 0 Å². The second kappa shape index (κ2) is 9.62. The minimum Gasteiger partial charge on any atom is -0.488 e. The molecule has 0 saturated heterocycles. The summed E-state index contributed by atoms with van der Waals surface area (Å²) in [7, 11) is 3.38. The summed E-state index contributed by atoms with van der Waals surface area (Å²) in [6, 6.07) is 10.3. The van der Waals surface area contributed by atoms with Crippen molar-refractivity contribution in [2.45, 2.75) is 13.5 Å². The molecule has 0 spiro atoms. The minimum absolute atomic E-state index is 0.401. The van der Waals surface area contributed by atoms with E-state index in [1.807, 2.05) is 38.4 Å². The molecule has 5 heterocycles. The molecule has 182 valence electrons. The highest BCUT2D eigenvalue weighted by atomic mass is 127. The number of hydrogen-bond acceptors (Lipinski definition) is 9. The molecule has 1 aromatic carbocycles. The number of ether oxygens (including phenoxy) is 2. The number of hydrogen-bond donors (Lipinski definition) is 2. The molecule has 0 amide bonds. The fraction of sp³-hybridized carbons (Fsp3) is 0.200. The van der Waals surface area contributed by atoms with Crippen molar-refractivity contribution in [1.29, 1.82) is 0 Å². The average Bonchev–Trinajstić information content (AvgIpc) is 3.28. The van der Waals surface area contributed by atoms with E-state index >= 15 is 0 Å². The van der Waals surface area contributed by atoms with Crippen LogP contribution in [0.3, 0.4) is 0 Å². The van der Waals surface area contributed by atoms with E-state index in [-0.39, 0.29) is 0 Å². The molecule has 4 aromatic heterocycles. The van der Waals surface area contributed by atoms with E-state index in [9.17, 15) is 0 Å². The molecule has 0 aliphatic carbocycles. The van der Waals surface area contributed by atoms with Crippen LogP contribution in [-0.2, 0) is 6.54 Å². The Labute approximate surface area is 223 Å². The Hall–Kier alpha value is -3.32. The lowest BCUT2D eigenvalue weighted by atomic mass is 10.0. The van der Waals surface area contributed by atoms with Gasteiger partial charge in [0.05, 0.1) is 22.8 Å². The topological polar surface area (TPSA) is 99.0 Å². The van der Waals surface area contributed by atoms with Crippen molar-refractivity contribution >= 4 is 64.0 Å². The first kappa shape index (κ1) is 23.1. The van der Waals surface area contributed by atoms with Crippen molar-refractivity contribution in [3.8, 4) is 22.6 Å². The molecule has 5 aromatic rings. The normalized spacial score (nSPS) is 13.3. The fourth-order valence-electron chi connectivity index (χ4n) is 4.31. The molecule has 0 radical (unpaired) electrons. The number of anilines is 2. The number of aryl methyl sites for hydroxylation is 1. The van der Waals surface area contributed by atoms with Crippen LogP contribution < -0.4 is 20.1 Å². The van der Waals surface area contributed by atoms with Gasteiger partial charge in [-0.3, -0.25) is 8.96 Å². The third-order valence-corrected chi connectivity index (χ3v) is 7.72. The van der Waals surface area contributed by atoms with Gasteiger partial charge in [-0.15, -0.1) is 0 Å². The molecule has 9 nitrogen and oxygen atoms in total. The second-order valence-corrected chi connectivity index (χ2v) is 10.1. The lowest BCUT2D eigenvalue weighted by Gasteiger charge is -2.12. The Morgan fingerprint density at radius 2 is 1.97 bits per heavy atom. The van der Waals surface area contributed by atoms with Gasteiger partial charge in [0.1, 0.15) is 30.5 Å². The highest BCUT2D eigenvalue weighted by molar-refractivity contribution is 14.2. The van der Waals surface area contributed by atoms with Crippen molar-refractivity contribution < 1.29 is 9.47 Å². The molecule has 1 aliphatic heterocycles. The van der Waals surface area contributed by atoms with Crippen LogP contribution in [0.1, 0.15) is 11.3 Å². The van der Waals surface area contributed by atoms with Gasteiger partial charge in [0.25, 0.3) is 0 Å². The van der Waals surface area contributed by atoms with Gasteiger partial charge in [-0.25, -0.2) is 4.98 Å². The number of nitrogens with one attached hydrogen (secondary N) is 2. The molecular formula is C25H22IN7O2S. The third-order valence-electron chi connectivity index (χ3n) is 6.02. The summed E-state index contributed by atoms with van der Waals surface area (Å²) in [5.41, 5.74) is 5.64. The number of pyridine rings is 2. The van der Waals surface area contributed by atoms with Crippen molar-refractivity contribution in [2.75, 3.05) is 30.9 Å². The van der Waals surface area contributed by atoms with Gasteiger partial charge in [-0.2, -0.15) is 9.97 Å². The van der Waals surface area contributed by atoms with Crippen LogP contribution in [0.4, 0.5) is 11.8 Å².